The van der Waals surface area contributed by atoms with Gasteiger partial charge in [0.15, 0.2) is 11.7 Å². The van der Waals surface area contributed by atoms with Crippen LogP contribution in [0.25, 0.3) is 0 Å². The van der Waals surface area contributed by atoms with E-state index in [9.17, 15) is 0 Å². The van der Waals surface area contributed by atoms with Gasteiger partial charge in [-0.1, -0.05) is 25.9 Å². The standard InChI is InChI=1S/C18H33N5O/c1-13(2)17-9-16(24-22-17)11-21-18(19-5)20-10-15(4)23-8-6-7-14(3)12-23/h9,13-15H,6-8,10-12H2,1-5H3,(H2,19,20,21). The minimum atomic E-state index is 0.382. The lowest BCUT2D eigenvalue weighted by Gasteiger charge is -2.35. The van der Waals surface area contributed by atoms with Crippen LogP contribution in [0.2, 0.25) is 0 Å². The third-order valence-corrected chi connectivity index (χ3v) is 4.70. The molecule has 2 rings (SSSR count). The molecule has 2 heterocycles. The van der Waals surface area contributed by atoms with Crippen LogP contribution in [0.3, 0.4) is 0 Å². The molecule has 1 aromatic rings. The second kappa shape index (κ2) is 9.06. The highest BCUT2D eigenvalue weighted by atomic mass is 16.5. The molecular formula is C18H33N5O. The van der Waals surface area contributed by atoms with Crippen molar-refractivity contribution in [1.29, 1.82) is 0 Å². The number of nitrogens with zero attached hydrogens (tertiary/aromatic N) is 3. The molecule has 0 aliphatic carbocycles. The average molecular weight is 335 g/mol. The third kappa shape index (κ3) is 5.51. The second-order valence-corrected chi connectivity index (χ2v) is 7.27. The van der Waals surface area contributed by atoms with Crippen molar-refractivity contribution in [3.63, 3.8) is 0 Å². The summed E-state index contributed by atoms with van der Waals surface area (Å²) in [6.07, 6.45) is 2.66. The monoisotopic (exact) mass is 335 g/mol. The molecule has 0 radical (unpaired) electrons. The maximum Gasteiger partial charge on any atom is 0.191 e. The van der Waals surface area contributed by atoms with E-state index in [0.29, 0.717) is 18.5 Å². The van der Waals surface area contributed by atoms with Gasteiger partial charge < -0.3 is 15.2 Å². The van der Waals surface area contributed by atoms with Crippen molar-refractivity contribution in [1.82, 2.24) is 20.7 Å². The summed E-state index contributed by atoms with van der Waals surface area (Å²) in [6.45, 7) is 12.7. The van der Waals surface area contributed by atoms with Crippen molar-refractivity contribution >= 4 is 5.96 Å². The molecule has 0 amide bonds. The Hall–Kier alpha value is -1.56. The lowest BCUT2D eigenvalue weighted by Crippen LogP contribution is -2.48. The summed E-state index contributed by atoms with van der Waals surface area (Å²) in [5.41, 5.74) is 0.989. The highest BCUT2D eigenvalue weighted by Gasteiger charge is 2.20. The molecule has 6 nitrogen and oxygen atoms in total. The van der Waals surface area contributed by atoms with Crippen LogP contribution in [0, 0.1) is 5.92 Å². The quantitative estimate of drug-likeness (QED) is 0.618. The molecule has 6 heteroatoms. The molecule has 1 aliphatic rings. The molecule has 1 fully saturated rings. The van der Waals surface area contributed by atoms with Crippen LogP contribution < -0.4 is 10.6 Å². The summed E-state index contributed by atoms with van der Waals surface area (Å²) >= 11 is 0. The van der Waals surface area contributed by atoms with E-state index in [1.54, 1.807) is 7.05 Å². The van der Waals surface area contributed by atoms with E-state index in [-0.39, 0.29) is 0 Å². The molecule has 0 bridgehead atoms. The van der Waals surface area contributed by atoms with Crippen molar-refractivity contribution in [2.75, 3.05) is 26.7 Å². The van der Waals surface area contributed by atoms with Gasteiger partial charge >= 0.3 is 0 Å². The predicted octanol–water partition coefficient (Wildman–Crippen LogP) is 2.58. The van der Waals surface area contributed by atoms with Gasteiger partial charge in [0.1, 0.15) is 0 Å². The van der Waals surface area contributed by atoms with Crippen LogP contribution in [-0.4, -0.2) is 48.7 Å². The van der Waals surface area contributed by atoms with Crippen LogP contribution >= 0.6 is 0 Å². The van der Waals surface area contributed by atoms with Crippen molar-refractivity contribution in [2.45, 2.75) is 59.0 Å². The number of aromatic nitrogens is 1. The summed E-state index contributed by atoms with van der Waals surface area (Å²) in [6, 6.07) is 2.51. The number of likely N-dealkylation sites (tertiary alicyclic amines) is 1. The zero-order valence-corrected chi connectivity index (χ0v) is 15.8. The molecular weight excluding hydrogens is 302 g/mol. The van der Waals surface area contributed by atoms with Gasteiger partial charge in [-0.25, -0.2) is 0 Å². The van der Waals surface area contributed by atoms with E-state index in [2.05, 4.69) is 53.4 Å². The van der Waals surface area contributed by atoms with Gasteiger partial charge in [-0.2, -0.15) is 0 Å². The largest absolute Gasteiger partial charge is 0.359 e. The first-order valence-corrected chi connectivity index (χ1v) is 9.13. The molecule has 136 valence electrons. The maximum absolute atomic E-state index is 5.35. The smallest absolute Gasteiger partial charge is 0.191 e. The van der Waals surface area contributed by atoms with E-state index >= 15 is 0 Å². The van der Waals surface area contributed by atoms with Crippen LogP contribution in [0.4, 0.5) is 0 Å². The van der Waals surface area contributed by atoms with Gasteiger partial charge in [-0.05, 0) is 38.1 Å². The summed E-state index contributed by atoms with van der Waals surface area (Å²) in [5.74, 6) is 2.82. The molecule has 1 saturated heterocycles. The summed E-state index contributed by atoms with van der Waals surface area (Å²) in [7, 11) is 1.79. The summed E-state index contributed by atoms with van der Waals surface area (Å²) in [5, 5.41) is 10.8. The third-order valence-electron chi connectivity index (χ3n) is 4.70. The predicted molar refractivity (Wildman–Crippen MR) is 98.2 cm³/mol. The first kappa shape index (κ1) is 18.8. The molecule has 24 heavy (non-hydrogen) atoms. The maximum atomic E-state index is 5.35. The molecule has 2 atom stereocenters. The summed E-state index contributed by atoms with van der Waals surface area (Å²) in [4.78, 5) is 6.86. The van der Waals surface area contributed by atoms with E-state index in [1.165, 1.54) is 25.9 Å². The number of guanidine groups is 1. The van der Waals surface area contributed by atoms with Crippen LogP contribution in [0.5, 0.6) is 0 Å². The fraction of sp³-hybridized carbons (Fsp3) is 0.778. The van der Waals surface area contributed by atoms with Gasteiger partial charge in [0.2, 0.25) is 0 Å². The number of aliphatic imine (C=N–C) groups is 1. The molecule has 0 spiro atoms. The number of hydrogen-bond acceptors (Lipinski definition) is 4. The number of hydrogen-bond donors (Lipinski definition) is 2. The number of nitrogens with one attached hydrogen (secondary N) is 2. The Morgan fingerprint density at radius 2 is 2.21 bits per heavy atom. The zero-order valence-electron chi connectivity index (χ0n) is 15.8. The van der Waals surface area contributed by atoms with Gasteiger partial charge in [0, 0.05) is 32.2 Å². The first-order chi connectivity index (χ1) is 11.5. The van der Waals surface area contributed by atoms with Gasteiger partial charge in [-0.3, -0.25) is 9.89 Å². The molecule has 0 saturated carbocycles. The van der Waals surface area contributed by atoms with Crippen molar-refractivity contribution in [2.24, 2.45) is 10.9 Å². The highest BCUT2D eigenvalue weighted by molar-refractivity contribution is 5.79. The Morgan fingerprint density at radius 3 is 2.83 bits per heavy atom. The minimum absolute atomic E-state index is 0.382. The summed E-state index contributed by atoms with van der Waals surface area (Å²) < 4.78 is 5.35. The molecule has 0 aromatic carbocycles. The van der Waals surface area contributed by atoms with Crippen molar-refractivity contribution in [3.8, 4) is 0 Å². The molecule has 2 unspecified atom stereocenters. The number of rotatable bonds is 6. The Morgan fingerprint density at radius 1 is 1.42 bits per heavy atom. The van der Waals surface area contributed by atoms with Gasteiger partial charge in [0.05, 0.1) is 12.2 Å². The zero-order chi connectivity index (χ0) is 17.5. The highest BCUT2D eigenvalue weighted by Crippen LogP contribution is 2.17. The fourth-order valence-corrected chi connectivity index (χ4v) is 3.08. The van der Waals surface area contributed by atoms with E-state index in [0.717, 1.165) is 29.9 Å². The van der Waals surface area contributed by atoms with Crippen LogP contribution in [0.15, 0.2) is 15.6 Å². The Labute approximate surface area is 146 Å². The van der Waals surface area contributed by atoms with E-state index in [4.69, 9.17) is 4.52 Å². The normalized spacial score (nSPS) is 21.1. The Kier molecular flexibility index (Phi) is 7.09. The van der Waals surface area contributed by atoms with Crippen molar-refractivity contribution in [3.05, 3.63) is 17.5 Å². The lowest BCUT2D eigenvalue weighted by atomic mass is 9.99. The molecule has 1 aliphatic heterocycles. The Balaban J connectivity index is 1.75. The average Bonchev–Trinajstić information content (AvgIpc) is 3.04. The SMILES string of the molecule is CN=C(NCc1cc(C(C)C)no1)NCC(C)N1CCCC(C)C1. The van der Waals surface area contributed by atoms with Crippen LogP contribution in [0.1, 0.15) is 57.9 Å². The first-order valence-electron chi connectivity index (χ1n) is 9.13. The van der Waals surface area contributed by atoms with Gasteiger partial charge in [0.25, 0.3) is 0 Å². The topological polar surface area (TPSA) is 65.7 Å². The Bertz CT molecular complexity index is 525. The van der Waals surface area contributed by atoms with E-state index in [1.807, 2.05) is 6.07 Å². The second-order valence-electron chi connectivity index (χ2n) is 7.27. The van der Waals surface area contributed by atoms with Crippen molar-refractivity contribution < 1.29 is 4.52 Å². The van der Waals surface area contributed by atoms with Gasteiger partial charge in [-0.15, -0.1) is 0 Å². The lowest BCUT2D eigenvalue weighted by molar-refractivity contribution is 0.139. The van der Waals surface area contributed by atoms with E-state index < -0.39 is 0 Å². The minimum Gasteiger partial charge on any atom is -0.359 e. The fourth-order valence-electron chi connectivity index (χ4n) is 3.08. The molecule has 2 N–H and O–H groups in total. The molecule has 1 aromatic heterocycles. The number of piperidine rings is 1. The van der Waals surface area contributed by atoms with Crippen LogP contribution in [-0.2, 0) is 6.54 Å².